The van der Waals surface area contributed by atoms with Gasteiger partial charge in [0, 0.05) is 6.54 Å². The maximum Gasteiger partial charge on any atom is 0.309 e. The molecule has 24 heavy (non-hydrogen) atoms. The van der Waals surface area contributed by atoms with Crippen molar-refractivity contribution in [3.05, 3.63) is 71.3 Å². The van der Waals surface area contributed by atoms with E-state index in [0.29, 0.717) is 13.0 Å². The van der Waals surface area contributed by atoms with Gasteiger partial charge in [0.1, 0.15) is 0 Å². The van der Waals surface area contributed by atoms with Crippen LogP contribution in [0.25, 0.3) is 0 Å². The molecule has 0 saturated heterocycles. The van der Waals surface area contributed by atoms with Crippen molar-refractivity contribution < 1.29 is 14.7 Å². The average molecular weight is 325 g/mol. The number of carbonyl (C=O) groups excluding carboxylic acids is 1. The summed E-state index contributed by atoms with van der Waals surface area (Å²) in [5.41, 5.74) is 1.96. The van der Waals surface area contributed by atoms with Crippen molar-refractivity contribution in [2.24, 2.45) is 5.41 Å². The van der Waals surface area contributed by atoms with E-state index < -0.39 is 11.4 Å². The van der Waals surface area contributed by atoms with E-state index in [1.165, 1.54) is 0 Å². The highest BCUT2D eigenvalue weighted by Crippen LogP contribution is 2.24. The molecule has 0 radical (unpaired) electrons. The Bertz CT molecular complexity index is 708. The number of carbonyl (C=O) groups is 2. The topological polar surface area (TPSA) is 66.4 Å². The maximum atomic E-state index is 12.2. The van der Waals surface area contributed by atoms with E-state index in [1.54, 1.807) is 13.8 Å². The Kier molecular flexibility index (Phi) is 5.74. The highest BCUT2D eigenvalue weighted by Gasteiger charge is 2.28. The second-order valence-corrected chi connectivity index (χ2v) is 6.57. The van der Waals surface area contributed by atoms with Gasteiger partial charge >= 0.3 is 5.97 Å². The summed E-state index contributed by atoms with van der Waals surface area (Å²) in [6.45, 7) is 3.88. The number of rotatable bonds is 7. The first-order valence-electron chi connectivity index (χ1n) is 7.99. The molecule has 1 amide bonds. The summed E-state index contributed by atoms with van der Waals surface area (Å²) in [6.07, 6.45) is 0.642. The molecule has 0 spiro atoms. The molecule has 126 valence electrons. The zero-order valence-electron chi connectivity index (χ0n) is 14.1. The van der Waals surface area contributed by atoms with E-state index in [9.17, 15) is 14.7 Å². The Morgan fingerprint density at radius 3 is 2.17 bits per heavy atom. The number of hydrogen-bond donors (Lipinski definition) is 2. The van der Waals surface area contributed by atoms with Crippen molar-refractivity contribution in [2.45, 2.75) is 33.2 Å². The van der Waals surface area contributed by atoms with Gasteiger partial charge in [-0.15, -0.1) is 0 Å². The quantitative estimate of drug-likeness (QED) is 0.821. The minimum atomic E-state index is -0.864. The summed E-state index contributed by atoms with van der Waals surface area (Å²) in [7, 11) is 0. The van der Waals surface area contributed by atoms with Crippen LogP contribution in [0.2, 0.25) is 0 Å². The Morgan fingerprint density at radius 2 is 1.54 bits per heavy atom. The van der Waals surface area contributed by atoms with E-state index in [-0.39, 0.29) is 12.3 Å². The van der Waals surface area contributed by atoms with Crippen LogP contribution in [0, 0.1) is 5.41 Å². The highest BCUT2D eigenvalue weighted by atomic mass is 16.4. The van der Waals surface area contributed by atoms with E-state index in [0.717, 1.165) is 16.7 Å². The van der Waals surface area contributed by atoms with Crippen LogP contribution >= 0.6 is 0 Å². The van der Waals surface area contributed by atoms with E-state index in [4.69, 9.17) is 0 Å². The summed E-state index contributed by atoms with van der Waals surface area (Å²) in [6, 6.07) is 17.3. The van der Waals surface area contributed by atoms with Crippen molar-refractivity contribution >= 4 is 11.9 Å². The Hall–Kier alpha value is -2.62. The second kappa shape index (κ2) is 7.77. The molecule has 4 heteroatoms. The van der Waals surface area contributed by atoms with Crippen molar-refractivity contribution in [2.75, 3.05) is 0 Å². The lowest BCUT2D eigenvalue weighted by atomic mass is 9.84. The predicted octanol–water partition coefficient (Wildman–Crippen LogP) is 3.20. The molecule has 2 rings (SSSR count). The van der Waals surface area contributed by atoms with Crippen LogP contribution in [0.5, 0.6) is 0 Å². The SMILES string of the molecule is CC(C)(Cc1ccccc1CC(=O)NCc1ccccc1)C(=O)O. The first kappa shape index (κ1) is 17.7. The summed E-state index contributed by atoms with van der Waals surface area (Å²) in [5, 5.41) is 12.2. The Morgan fingerprint density at radius 1 is 0.958 bits per heavy atom. The van der Waals surface area contributed by atoms with Crippen molar-refractivity contribution in [3.63, 3.8) is 0 Å². The molecule has 0 heterocycles. The zero-order valence-corrected chi connectivity index (χ0v) is 14.1. The maximum absolute atomic E-state index is 12.2. The molecule has 0 bridgehead atoms. The molecule has 0 aliphatic carbocycles. The molecule has 2 aromatic carbocycles. The summed E-state index contributed by atoms with van der Waals surface area (Å²) >= 11 is 0. The molecule has 0 aliphatic rings. The molecule has 2 N–H and O–H groups in total. The molecule has 0 fully saturated rings. The lowest BCUT2D eigenvalue weighted by Crippen LogP contribution is -2.28. The molecular weight excluding hydrogens is 302 g/mol. The van der Waals surface area contributed by atoms with Crippen LogP contribution in [-0.4, -0.2) is 17.0 Å². The molecule has 4 nitrogen and oxygen atoms in total. The van der Waals surface area contributed by atoms with E-state index >= 15 is 0 Å². The minimum absolute atomic E-state index is 0.0700. The van der Waals surface area contributed by atoms with E-state index in [1.807, 2.05) is 54.6 Å². The van der Waals surface area contributed by atoms with Gasteiger partial charge in [0.2, 0.25) is 5.91 Å². The van der Waals surface area contributed by atoms with Crippen LogP contribution in [-0.2, 0) is 29.0 Å². The van der Waals surface area contributed by atoms with Gasteiger partial charge in [-0.3, -0.25) is 9.59 Å². The largest absolute Gasteiger partial charge is 0.481 e. The molecular formula is C20H23NO3. The zero-order chi connectivity index (χ0) is 17.6. The normalized spacial score (nSPS) is 11.1. The first-order valence-corrected chi connectivity index (χ1v) is 7.99. The molecule has 2 aromatic rings. The van der Waals surface area contributed by atoms with Gasteiger partial charge in [-0.25, -0.2) is 0 Å². The summed E-state index contributed by atoms with van der Waals surface area (Å²) in [4.78, 5) is 23.5. The monoisotopic (exact) mass is 325 g/mol. The smallest absolute Gasteiger partial charge is 0.309 e. The third-order valence-corrected chi connectivity index (χ3v) is 4.01. The Labute approximate surface area is 142 Å². The lowest BCUT2D eigenvalue weighted by Gasteiger charge is -2.21. The van der Waals surface area contributed by atoms with Crippen molar-refractivity contribution in [3.8, 4) is 0 Å². The van der Waals surface area contributed by atoms with Gasteiger partial charge in [0.15, 0.2) is 0 Å². The Balaban J connectivity index is 2.02. The molecule has 0 saturated carbocycles. The fourth-order valence-corrected chi connectivity index (χ4v) is 2.49. The van der Waals surface area contributed by atoms with Gasteiger partial charge in [-0.1, -0.05) is 54.6 Å². The predicted molar refractivity (Wildman–Crippen MR) is 93.6 cm³/mol. The summed E-state index contributed by atoms with van der Waals surface area (Å²) < 4.78 is 0. The first-order chi connectivity index (χ1) is 11.4. The third-order valence-electron chi connectivity index (χ3n) is 4.01. The standard InChI is InChI=1S/C20H23NO3/c1-20(2,19(23)24)13-17-11-7-6-10-16(17)12-18(22)21-14-15-8-4-3-5-9-15/h3-11H,12-14H2,1-2H3,(H,21,22)(H,23,24). The number of carboxylic acid groups (broad SMARTS) is 1. The number of nitrogens with one attached hydrogen (secondary N) is 1. The van der Waals surface area contributed by atoms with E-state index in [2.05, 4.69) is 5.32 Å². The second-order valence-electron chi connectivity index (χ2n) is 6.57. The minimum Gasteiger partial charge on any atom is -0.481 e. The number of aliphatic carboxylic acids is 1. The molecule has 0 unspecified atom stereocenters. The third kappa shape index (κ3) is 4.95. The van der Waals surface area contributed by atoms with Crippen molar-refractivity contribution in [1.82, 2.24) is 5.32 Å². The van der Waals surface area contributed by atoms with Gasteiger partial charge in [-0.2, -0.15) is 0 Å². The fourth-order valence-electron chi connectivity index (χ4n) is 2.49. The number of amides is 1. The van der Waals surface area contributed by atoms with Crippen LogP contribution in [0.15, 0.2) is 54.6 Å². The van der Waals surface area contributed by atoms with Gasteiger partial charge in [0.05, 0.1) is 11.8 Å². The fraction of sp³-hybridized carbons (Fsp3) is 0.300. The van der Waals surface area contributed by atoms with Crippen LogP contribution < -0.4 is 5.32 Å². The summed E-state index contributed by atoms with van der Waals surface area (Å²) in [5.74, 6) is -0.912. The molecule has 0 aliphatic heterocycles. The number of carboxylic acids is 1. The van der Waals surface area contributed by atoms with Crippen molar-refractivity contribution in [1.29, 1.82) is 0 Å². The van der Waals surface area contributed by atoms with Crippen LogP contribution in [0.1, 0.15) is 30.5 Å². The lowest BCUT2D eigenvalue weighted by molar-refractivity contribution is -0.146. The van der Waals surface area contributed by atoms with Gasteiger partial charge in [0.25, 0.3) is 0 Å². The average Bonchev–Trinajstić information content (AvgIpc) is 2.55. The molecule has 0 atom stereocenters. The van der Waals surface area contributed by atoms with Gasteiger partial charge in [-0.05, 0) is 37.0 Å². The van der Waals surface area contributed by atoms with Gasteiger partial charge < -0.3 is 10.4 Å². The number of hydrogen-bond acceptors (Lipinski definition) is 2. The van der Waals surface area contributed by atoms with Crippen LogP contribution in [0.3, 0.4) is 0 Å². The highest BCUT2D eigenvalue weighted by molar-refractivity contribution is 5.79. The molecule has 0 aromatic heterocycles. The number of benzene rings is 2. The van der Waals surface area contributed by atoms with Crippen LogP contribution in [0.4, 0.5) is 0 Å².